The summed E-state index contributed by atoms with van der Waals surface area (Å²) in [6, 6.07) is 6.28. The Balaban J connectivity index is 2.15. The first-order valence-corrected chi connectivity index (χ1v) is 6.81. The molecule has 5 heteroatoms. The molecule has 0 saturated carbocycles. The Labute approximate surface area is 116 Å². The molecule has 0 aliphatic rings. The lowest BCUT2D eigenvalue weighted by Gasteiger charge is -2.20. The Morgan fingerprint density at radius 2 is 2.16 bits per heavy atom. The average molecular weight is 276 g/mol. The van der Waals surface area contributed by atoms with Gasteiger partial charge in [-0.1, -0.05) is 17.7 Å². The molecule has 0 aliphatic heterocycles. The minimum Gasteiger partial charge on any atom is -0.476 e. The number of carbonyl (C=O) groups is 1. The molecular weight excluding hydrogens is 260 g/mol. The van der Waals surface area contributed by atoms with E-state index in [1.54, 1.807) is 5.38 Å². The standard InChI is InChI=1S/C14H16N2O2S/c1-9-4-5-12(10(2)6-9)16(3)7-11-8-19-13(15-11)14(17)18/h4-6,8H,7H2,1-3H3,(H,17,18). The summed E-state index contributed by atoms with van der Waals surface area (Å²) >= 11 is 1.16. The lowest BCUT2D eigenvalue weighted by Crippen LogP contribution is -2.17. The second-order valence-corrected chi connectivity index (χ2v) is 5.45. The molecule has 1 aromatic carbocycles. The summed E-state index contributed by atoms with van der Waals surface area (Å²) in [6.07, 6.45) is 0. The van der Waals surface area contributed by atoms with Crippen molar-refractivity contribution in [3.63, 3.8) is 0 Å². The van der Waals surface area contributed by atoms with Crippen LogP contribution in [0.2, 0.25) is 0 Å². The molecule has 19 heavy (non-hydrogen) atoms. The Bertz CT molecular complexity index is 607. The van der Waals surface area contributed by atoms with E-state index in [0.29, 0.717) is 6.54 Å². The molecule has 0 fully saturated rings. The van der Waals surface area contributed by atoms with Gasteiger partial charge in [0.05, 0.1) is 12.2 Å². The molecule has 1 heterocycles. The third kappa shape index (κ3) is 3.12. The highest BCUT2D eigenvalue weighted by atomic mass is 32.1. The van der Waals surface area contributed by atoms with Crippen molar-refractivity contribution in [2.75, 3.05) is 11.9 Å². The van der Waals surface area contributed by atoms with Gasteiger partial charge in [0, 0.05) is 18.1 Å². The highest BCUT2D eigenvalue weighted by molar-refractivity contribution is 7.11. The van der Waals surface area contributed by atoms with Crippen LogP contribution in [0.1, 0.15) is 26.6 Å². The van der Waals surface area contributed by atoms with Gasteiger partial charge < -0.3 is 10.0 Å². The number of benzene rings is 1. The SMILES string of the molecule is Cc1ccc(N(C)Cc2csc(C(=O)O)n2)c(C)c1. The maximum absolute atomic E-state index is 10.8. The molecule has 0 amide bonds. The predicted molar refractivity (Wildman–Crippen MR) is 77.1 cm³/mol. The van der Waals surface area contributed by atoms with Crippen molar-refractivity contribution in [2.45, 2.75) is 20.4 Å². The van der Waals surface area contributed by atoms with E-state index in [1.807, 2.05) is 7.05 Å². The largest absolute Gasteiger partial charge is 0.476 e. The second kappa shape index (κ2) is 5.40. The van der Waals surface area contributed by atoms with E-state index in [-0.39, 0.29) is 5.01 Å². The Hall–Kier alpha value is -1.88. The fourth-order valence-corrected chi connectivity index (χ4v) is 2.69. The molecule has 100 valence electrons. The summed E-state index contributed by atoms with van der Waals surface area (Å²) in [5.41, 5.74) is 4.35. The summed E-state index contributed by atoms with van der Waals surface area (Å²) in [6.45, 7) is 4.74. The summed E-state index contributed by atoms with van der Waals surface area (Å²) < 4.78 is 0. The van der Waals surface area contributed by atoms with Gasteiger partial charge in [-0.2, -0.15) is 0 Å². The van der Waals surface area contributed by atoms with Gasteiger partial charge in [-0.3, -0.25) is 0 Å². The number of rotatable bonds is 4. The first-order chi connectivity index (χ1) is 8.97. The fourth-order valence-electron chi connectivity index (χ4n) is 2.04. The summed E-state index contributed by atoms with van der Waals surface area (Å²) in [5.74, 6) is -0.967. The molecule has 1 N–H and O–H groups in total. The number of thiazole rings is 1. The number of nitrogens with zero attached hydrogens (tertiary/aromatic N) is 2. The van der Waals surface area contributed by atoms with E-state index >= 15 is 0 Å². The quantitative estimate of drug-likeness (QED) is 0.932. The van der Waals surface area contributed by atoms with Gasteiger partial charge in [-0.15, -0.1) is 11.3 Å². The van der Waals surface area contributed by atoms with Gasteiger partial charge >= 0.3 is 5.97 Å². The minimum absolute atomic E-state index is 0.143. The molecule has 0 radical (unpaired) electrons. The van der Waals surface area contributed by atoms with Gasteiger partial charge in [0.1, 0.15) is 0 Å². The van der Waals surface area contributed by atoms with Crippen molar-refractivity contribution in [3.05, 3.63) is 45.4 Å². The van der Waals surface area contributed by atoms with E-state index < -0.39 is 5.97 Å². The van der Waals surface area contributed by atoms with Crippen LogP contribution in [-0.4, -0.2) is 23.1 Å². The normalized spacial score (nSPS) is 10.5. The minimum atomic E-state index is -0.967. The van der Waals surface area contributed by atoms with E-state index in [1.165, 1.54) is 11.1 Å². The summed E-state index contributed by atoms with van der Waals surface area (Å²) in [7, 11) is 1.98. The van der Waals surface area contributed by atoms with Crippen LogP contribution in [0.25, 0.3) is 0 Å². The Morgan fingerprint density at radius 3 is 2.74 bits per heavy atom. The zero-order chi connectivity index (χ0) is 14.0. The highest BCUT2D eigenvalue weighted by Gasteiger charge is 2.11. The van der Waals surface area contributed by atoms with Crippen LogP contribution in [0.15, 0.2) is 23.6 Å². The van der Waals surface area contributed by atoms with Crippen molar-refractivity contribution in [2.24, 2.45) is 0 Å². The maximum atomic E-state index is 10.8. The lowest BCUT2D eigenvalue weighted by atomic mass is 10.1. The number of anilines is 1. The van der Waals surface area contributed by atoms with Crippen molar-refractivity contribution in [3.8, 4) is 0 Å². The highest BCUT2D eigenvalue weighted by Crippen LogP contribution is 2.22. The smallest absolute Gasteiger partial charge is 0.365 e. The predicted octanol–water partition coefficient (Wildman–Crippen LogP) is 3.09. The molecule has 0 saturated heterocycles. The molecule has 0 bridgehead atoms. The topological polar surface area (TPSA) is 53.4 Å². The number of aromatic nitrogens is 1. The Morgan fingerprint density at radius 1 is 1.42 bits per heavy atom. The molecule has 0 unspecified atom stereocenters. The first kappa shape index (κ1) is 13.5. The zero-order valence-corrected chi connectivity index (χ0v) is 12.0. The number of hydrogen-bond donors (Lipinski definition) is 1. The van der Waals surface area contributed by atoms with E-state index in [0.717, 1.165) is 22.7 Å². The molecule has 2 aromatic rings. The second-order valence-electron chi connectivity index (χ2n) is 4.60. The lowest BCUT2D eigenvalue weighted by molar-refractivity contribution is 0.0696. The Kier molecular flexibility index (Phi) is 3.85. The molecule has 4 nitrogen and oxygen atoms in total. The summed E-state index contributed by atoms with van der Waals surface area (Å²) in [4.78, 5) is 17.0. The van der Waals surface area contributed by atoms with Gasteiger partial charge in [0.25, 0.3) is 0 Å². The van der Waals surface area contributed by atoms with Gasteiger partial charge in [-0.05, 0) is 25.5 Å². The molecule has 0 atom stereocenters. The molecular formula is C14H16N2O2S. The molecule has 1 aromatic heterocycles. The van der Waals surface area contributed by atoms with Crippen LogP contribution in [0, 0.1) is 13.8 Å². The molecule has 0 spiro atoms. The number of carboxylic acids is 1. The third-order valence-electron chi connectivity index (χ3n) is 2.90. The molecule has 0 aliphatic carbocycles. The summed E-state index contributed by atoms with van der Waals surface area (Å²) in [5, 5.41) is 10.8. The van der Waals surface area contributed by atoms with Crippen molar-refractivity contribution in [1.29, 1.82) is 0 Å². The molecule has 2 rings (SSSR count). The van der Waals surface area contributed by atoms with E-state index in [4.69, 9.17) is 5.11 Å². The number of hydrogen-bond acceptors (Lipinski definition) is 4. The van der Waals surface area contributed by atoms with Crippen molar-refractivity contribution < 1.29 is 9.90 Å². The zero-order valence-electron chi connectivity index (χ0n) is 11.2. The van der Waals surface area contributed by atoms with Crippen LogP contribution in [-0.2, 0) is 6.54 Å². The van der Waals surface area contributed by atoms with Crippen molar-refractivity contribution >= 4 is 23.0 Å². The van der Waals surface area contributed by atoms with Gasteiger partial charge in [0.2, 0.25) is 5.01 Å². The van der Waals surface area contributed by atoms with Gasteiger partial charge in [0.15, 0.2) is 0 Å². The number of carboxylic acid groups (broad SMARTS) is 1. The van der Waals surface area contributed by atoms with Crippen LogP contribution < -0.4 is 4.90 Å². The van der Waals surface area contributed by atoms with Crippen LogP contribution in [0.5, 0.6) is 0 Å². The van der Waals surface area contributed by atoms with Crippen molar-refractivity contribution in [1.82, 2.24) is 4.98 Å². The van der Waals surface area contributed by atoms with Crippen LogP contribution >= 0.6 is 11.3 Å². The number of aryl methyl sites for hydroxylation is 2. The third-order valence-corrected chi connectivity index (χ3v) is 3.78. The maximum Gasteiger partial charge on any atom is 0.365 e. The van der Waals surface area contributed by atoms with E-state index in [9.17, 15) is 4.79 Å². The van der Waals surface area contributed by atoms with E-state index in [2.05, 4.69) is 41.9 Å². The van der Waals surface area contributed by atoms with Crippen LogP contribution in [0.4, 0.5) is 5.69 Å². The van der Waals surface area contributed by atoms with Gasteiger partial charge in [-0.25, -0.2) is 9.78 Å². The monoisotopic (exact) mass is 276 g/mol. The fraction of sp³-hybridized carbons (Fsp3) is 0.286. The van der Waals surface area contributed by atoms with Crippen LogP contribution in [0.3, 0.4) is 0 Å². The first-order valence-electron chi connectivity index (χ1n) is 5.93. The number of aromatic carboxylic acids is 1. The average Bonchev–Trinajstić information content (AvgIpc) is 2.77.